The molecule has 2 heteroatoms. The van der Waals surface area contributed by atoms with E-state index >= 15 is 0 Å². The molecule has 72 valence electrons. The molecule has 1 atom stereocenters. The number of thiophene rings is 1. The van der Waals surface area contributed by atoms with Crippen molar-refractivity contribution in [3.63, 3.8) is 0 Å². The van der Waals surface area contributed by atoms with E-state index in [1.165, 1.54) is 29.0 Å². The van der Waals surface area contributed by atoms with E-state index in [1.807, 2.05) is 11.3 Å². The van der Waals surface area contributed by atoms with Crippen molar-refractivity contribution in [2.45, 2.75) is 45.2 Å². The van der Waals surface area contributed by atoms with Gasteiger partial charge in [0.15, 0.2) is 0 Å². The fourth-order valence-corrected chi connectivity index (χ4v) is 2.59. The van der Waals surface area contributed by atoms with Gasteiger partial charge in [-0.25, -0.2) is 0 Å². The van der Waals surface area contributed by atoms with Crippen LogP contribution in [0.3, 0.4) is 0 Å². The molecule has 0 amide bonds. The molecule has 1 heterocycles. The lowest BCUT2D eigenvalue weighted by Crippen LogP contribution is -2.36. The van der Waals surface area contributed by atoms with E-state index < -0.39 is 0 Å². The minimum atomic E-state index is 0.545. The average Bonchev–Trinajstić information content (AvgIpc) is 2.44. The molecule has 13 heavy (non-hydrogen) atoms. The highest BCUT2D eigenvalue weighted by Gasteiger charge is 2.19. The van der Waals surface area contributed by atoms with Gasteiger partial charge in [-0.1, -0.05) is 6.42 Å². The standard InChI is InChI=1S/C11H17NS/c1-8-6-7-11(13-8)9(2)12-10-4-3-5-10/h6-7,9-10,12H,3-5H2,1-2H3. The second-order valence-electron chi connectivity index (χ2n) is 3.96. The summed E-state index contributed by atoms with van der Waals surface area (Å²) in [6.07, 6.45) is 4.15. The van der Waals surface area contributed by atoms with Gasteiger partial charge in [0.2, 0.25) is 0 Å². The highest BCUT2D eigenvalue weighted by molar-refractivity contribution is 7.12. The summed E-state index contributed by atoms with van der Waals surface area (Å²) < 4.78 is 0. The van der Waals surface area contributed by atoms with Crippen molar-refractivity contribution in [3.05, 3.63) is 21.9 Å². The van der Waals surface area contributed by atoms with Gasteiger partial charge >= 0.3 is 0 Å². The molecule has 1 aromatic heterocycles. The van der Waals surface area contributed by atoms with Crippen LogP contribution in [0.4, 0.5) is 0 Å². The molecule has 1 aromatic rings. The van der Waals surface area contributed by atoms with Gasteiger partial charge in [0.1, 0.15) is 0 Å². The molecule has 0 aliphatic heterocycles. The molecule has 0 aromatic carbocycles. The van der Waals surface area contributed by atoms with Gasteiger partial charge in [-0.3, -0.25) is 0 Å². The van der Waals surface area contributed by atoms with Crippen LogP contribution in [0.5, 0.6) is 0 Å². The van der Waals surface area contributed by atoms with Crippen LogP contribution in [0.25, 0.3) is 0 Å². The molecule has 1 nitrogen and oxygen atoms in total. The molecule has 1 aliphatic carbocycles. The van der Waals surface area contributed by atoms with Crippen LogP contribution in [-0.4, -0.2) is 6.04 Å². The summed E-state index contributed by atoms with van der Waals surface area (Å²) in [7, 11) is 0. The summed E-state index contributed by atoms with van der Waals surface area (Å²) in [5.74, 6) is 0. The SMILES string of the molecule is Cc1ccc(C(C)NC2CCC2)s1. The second-order valence-corrected chi connectivity index (χ2v) is 5.28. The van der Waals surface area contributed by atoms with Crippen molar-refractivity contribution in [3.8, 4) is 0 Å². The highest BCUT2D eigenvalue weighted by Crippen LogP contribution is 2.26. The van der Waals surface area contributed by atoms with E-state index in [0.29, 0.717) is 6.04 Å². The Morgan fingerprint density at radius 3 is 2.69 bits per heavy atom. The number of rotatable bonds is 3. The molecule has 0 bridgehead atoms. The predicted molar refractivity (Wildman–Crippen MR) is 58.2 cm³/mol. The Balaban J connectivity index is 1.92. The third-order valence-corrected chi connectivity index (χ3v) is 3.96. The molecule has 1 aliphatic rings. The maximum absolute atomic E-state index is 3.66. The normalized spacial score (nSPS) is 19.8. The Labute approximate surface area is 84.2 Å². The molecule has 0 spiro atoms. The van der Waals surface area contributed by atoms with Crippen LogP contribution in [0.1, 0.15) is 42.0 Å². The molecular weight excluding hydrogens is 178 g/mol. The van der Waals surface area contributed by atoms with Crippen LogP contribution in [0.15, 0.2) is 12.1 Å². The second kappa shape index (κ2) is 3.81. The first-order chi connectivity index (χ1) is 6.25. The number of nitrogens with one attached hydrogen (secondary N) is 1. The quantitative estimate of drug-likeness (QED) is 0.780. The molecule has 1 unspecified atom stereocenters. The maximum Gasteiger partial charge on any atom is 0.0388 e. The molecule has 0 radical (unpaired) electrons. The lowest BCUT2D eigenvalue weighted by atomic mass is 9.92. The summed E-state index contributed by atoms with van der Waals surface area (Å²) in [5, 5.41) is 3.66. The minimum absolute atomic E-state index is 0.545. The molecule has 2 rings (SSSR count). The van der Waals surface area contributed by atoms with Gasteiger partial charge in [-0.05, 0) is 38.8 Å². The van der Waals surface area contributed by atoms with Crippen molar-refractivity contribution >= 4 is 11.3 Å². The van der Waals surface area contributed by atoms with E-state index in [-0.39, 0.29) is 0 Å². The van der Waals surface area contributed by atoms with E-state index in [1.54, 1.807) is 0 Å². The van der Waals surface area contributed by atoms with E-state index in [9.17, 15) is 0 Å². The summed E-state index contributed by atoms with van der Waals surface area (Å²) >= 11 is 1.91. The van der Waals surface area contributed by atoms with Gasteiger partial charge in [0.25, 0.3) is 0 Å². The van der Waals surface area contributed by atoms with Crippen molar-refractivity contribution in [1.82, 2.24) is 5.32 Å². The zero-order chi connectivity index (χ0) is 9.26. The van der Waals surface area contributed by atoms with Crippen LogP contribution in [0, 0.1) is 6.92 Å². The highest BCUT2D eigenvalue weighted by atomic mass is 32.1. The zero-order valence-corrected chi connectivity index (χ0v) is 9.16. The predicted octanol–water partition coefficient (Wildman–Crippen LogP) is 3.26. The smallest absolute Gasteiger partial charge is 0.0388 e. The topological polar surface area (TPSA) is 12.0 Å². The largest absolute Gasteiger partial charge is 0.307 e. The Morgan fingerprint density at radius 1 is 1.46 bits per heavy atom. The number of hydrogen-bond donors (Lipinski definition) is 1. The van der Waals surface area contributed by atoms with Crippen LogP contribution < -0.4 is 5.32 Å². The Kier molecular flexibility index (Phi) is 2.70. The van der Waals surface area contributed by atoms with Gasteiger partial charge < -0.3 is 5.32 Å². The van der Waals surface area contributed by atoms with Crippen LogP contribution >= 0.6 is 11.3 Å². The van der Waals surface area contributed by atoms with Gasteiger partial charge in [0, 0.05) is 21.8 Å². The first-order valence-electron chi connectivity index (χ1n) is 5.08. The number of aryl methyl sites for hydroxylation is 1. The summed E-state index contributed by atoms with van der Waals surface area (Å²) in [6, 6.07) is 5.79. The summed E-state index contributed by atoms with van der Waals surface area (Å²) in [6.45, 7) is 4.44. The molecule has 1 saturated carbocycles. The van der Waals surface area contributed by atoms with Crippen molar-refractivity contribution in [1.29, 1.82) is 0 Å². The minimum Gasteiger partial charge on any atom is -0.307 e. The maximum atomic E-state index is 3.66. The first kappa shape index (κ1) is 9.22. The lowest BCUT2D eigenvalue weighted by Gasteiger charge is -2.29. The van der Waals surface area contributed by atoms with E-state index in [0.717, 1.165) is 6.04 Å². The average molecular weight is 195 g/mol. The van der Waals surface area contributed by atoms with Crippen LogP contribution in [0.2, 0.25) is 0 Å². The summed E-state index contributed by atoms with van der Waals surface area (Å²) in [5.41, 5.74) is 0. The first-order valence-corrected chi connectivity index (χ1v) is 5.90. The third-order valence-electron chi connectivity index (χ3n) is 2.78. The third kappa shape index (κ3) is 2.12. The fraction of sp³-hybridized carbons (Fsp3) is 0.636. The number of hydrogen-bond acceptors (Lipinski definition) is 2. The van der Waals surface area contributed by atoms with Crippen molar-refractivity contribution < 1.29 is 0 Å². The monoisotopic (exact) mass is 195 g/mol. The van der Waals surface area contributed by atoms with Gasteiger partial charge in [-0.15, -0.1) is 11.3 Å². The summed E-state index contributed by atoms with van der Waals surface area (Å²) in [4.78, 5) is 2.89. The molecular formula is C11H17NS. The van der Waals surface area contributed by atoms with Crippen molar-refractivity contribution in [2.75, 3.05) is 0 Å². The Hall–Kier alpha value is -0.340. The van der Waals surface area contributed by atoms with Gasteiger partial charge in [-0.2, -0.15) is 0 Å². The molecule has 1 fully saturated rings. The Bertz CT molecular complexity index is 275. The van der Waals surface area contributed by atoms with E-state index in [4.69, 9.17) is 0 Å². The molecule has 1 N–H and O–H groups in total. The fourth-order valence-electron chi connectivity index (χ4n) is 1.70. The van der Waals surface area contributed by atoms with E-state index in [2.05, 4.69) is 31.3 Å². The van der Waals surface area contributed by atoms with Crippen LogP contribution in [-0.2, 0) is 0 Å². The van der Waals surface area contributed by atoms with Gasteiger partial charge in [0.05, 0.1) is 0 Å². The lowest BCUT2D eigenvalue weighted by molar-refractivity contribution is 0.315. The zero-order valence-electron chi connectivity index (χ0n) is 8.34. The molecule has 0 saturated heterocycles. The van der Waals surface area contributed by atoms with Crippen molar-refractivity contribution in [2.24, 2.45) is 0 Å². The Morgan fingerprint density at radius 2 is 2.23 bits per heavy atom.